The van der Waals surface area contributed by atoms with Crippen LogP contribution in [-0.4, -0.2) is 52.1 Å². The average molecular weight is 315 g/mol. The Morgan fingerprint density at radius 3 is 2.67 bits per heavy atom. The molecule has 2 aliphatic rings. The maximum atomic E-state index is 12.3. The Balaban J connectivity index is 1.75. The van der Waals surface area contributed by atoms with E-state index in [1.165, 1.54) is 12.1 Å². The summed E-state index contributed by atoms with van der Waals surface area (Å²) in [6.45, 7) is 1.33. The molecule has 0 radical (unpaired) electrons. The number of ether oxygens (including phenoxy) is 3. The van der Waals surface area contributed by atoms with Crippen molar-refractivity contribution in [3.63, 3.8) is 0 Å². The molecule has 1 saturated heterocycles. The summed E-state index contributed by atoms with van der Waals surface area (Å²) in [5, 5.41) is 10.1. The number of hydrogen-bond acceptors (Lipinski definition) is 6. The van der Waals surface area contributed by atoms with Gasteiger partial charge in [0.25, 0.3) is 0 Å². The highest BCUT2D eigenvalue weighted by Gasteiger charge is 2.33. The third kappa shape index (κ3) is 3.13. The first kappa shape index (κ1) is 14.6. The highest BCUT2D eigenvalue weighted by Crippen LogP contribution is 2.32. The van der Waals surface area contributed by atoms with Crippen LogP contribution in [0, 0.1) is 0 Å². The van der Waals surface area contributed by atoms with Gasteiger partial charge in [0.05, 0.1) is 11.5 Å². The highest BCUT2D eigenvalue weighted by atomic mass is 32.2. The topological polar surface area (TPSA) is 94.1 Å². The molecule has 0 bridgehead atoms. The molecule has 2 N–H and O–H groups in total. The van der Waals surface area contributed by atoms with Gasteiger partial charge < -0.3 is 19.3 Å². The van der Waals surface area contributed by atoms with Gasteiger partial charge in [-0.3, -0.25) is 0 Å². The third-order valence-electron chi connectivity index (χ3n) is 3.50. The fourth-order valence-corrected chi connectivity index (χ4v) is 3.37. The minimum absolute atomic E-state index is 0.0780. The summed E-state index contributed by atoms with van der Waals surface area (Å²) in [7, 11) is -3.72. The first-order chi connectivity index (χ1) is 9.99. The summed E-state index contributed by atoms with van der Waals surface area (Å²) in [4.78, 5) is 0.0780. The number of benzene rings is 1. The average Bonchev–Trinajstić information content (AvgIpc) is 2.92. The van der Waals surface area contributed by atoms with Crippen LogP contribution >= 0.6 is 0 Å². The molecule has 1 aromatic carbocycles. The van der Waals surface area contributed by atoms with Crippen molar-refractivity contribution in [1.82, 2.24) is 4.72 Å². The second kappa shape index (κ2) is 5.45. The van der Waals surface area contributed by atoms with Crippen LogP contribution in [0.2, 0.25) is 0 Å². The van der Waals surface area contributed by atoms with E-state index in [4.69, 9.17) is 14.2 Å². The van der Waals surface area contributed by atoms with E-state index >= 15 is 0 Å². The quantitative estimate of drug-likeness (QED) is 0.805. The molecular weight excluding hydrogens is 298 g/mol. The van der Waals surface area contributed by atoms with E-state index in [1.54, 1.807) is 6.07 Å². The molecule has 2 aliphatic heterocycles. The summed E-state index contributed by atoms with van der Waals surface area (Å²) in [5.41, 5.74) is -1.14. The second-order valence-corrected chi connectivity index (χ2v) is 6.92. The van der Waals surface area contributed by atoms with Gasteiger partial charge in [0.1, 0.15) is 18.8 Å². The summed E-state index contributed by atoms with van der Waals surface area (Å²) < 4.78 is 42.7. The van der Waals surface area contributed by atoms with Crippen LogP contribution in [0.15, 0.2) is 23.1 Å². The standard InChI is InChI=1S/C13H17NO6S/c15-13(3-4-18-9-13)8-14-21(16,17)10-1-2-11-12(7-10)20-6-5-19-11/h1-2,7,14-15H,3-6,8-9H2/t13-/m0/s1. The highest BCUT2D eigenvalue weighted by molar-refractivity contribution is 7.89. The molecule has 1 atom stereocenters. The fraction of sp³-hybridized carbons (Fsp3) is 0.538. The second-order valence-electron chi connectivity index (χ2n) is 5.16. The van der Waals surface area contributed by atoms with Crippen molar-refractivity contribution in [3.8, 4) is 11.5 Å². The lowest BCUT2D eigenvalue weighted by atomic mass is 10.1. The van der Waals surface area contributed by atoms with Crippen LogP contribution in [0.25, 0.3) is 0 Å². The lowest BCUT2D eigenvalue weighted by Crippen LogP contribution is -2.43. The van der Waals surface area contributed by atoms with Crippen molar-refractivity contribution in [2.75, 3.05) is 33.0 Å². The van der Waals surface area contributed by atoms with Crippen molar-refractivity contribution in [1.29, 1.82) is 0 Å². The molecule has 116 valence electrons. The summed E-state index contributed by atoms with van der Waals surface area (Å²) in [6, 6.07) is 4.44. The minimum atomic E-state index is -3.72. The Morgan fingerprint density at radius 1 is 1.19 bits per heavy atom. The van der Waals surface area contributed by atoms with E-state index in [2.05, 4.69) is 4.72 Å². The molecule has 0 unspecified atom stereocenters. The molecule has 1 aromatic rings. The Kier molecular flexibility index (Phi) is 3.78. The van der Waals surface area contributed by atoms with E-state index in [0.717, 1.165) is 0 Å². The molecule has 0 aliphatic carbocycles. The van der Waals surface area contributed by atoms with Gasteiger partial charge in [-0.15, -0.1) is 0 Å². The maximum Gasteiger partial charge on any atom is 0.240 e. The van der Waals surface area contributed by atoms with E-state index in [9.17, 15) is 13.5 Å². The van der Waals surface area contributed by atoms with Gasteiger partial charge in [0, 0.05) is 25.6 Å². The van der Waals surface area contributed by atoms with E-state index in [-0.39, 0.29) is 18.0 Å². The largest absolute Gasteiger partial charge is 0.486 e. The van der Waals surface area contributed by atoms with Crippen molar-refractivity contribution >= 4 is 10.0 Å². The van der Waals surface area contributed by atoms with Crippen LogP contribution in [0.1, 0.15) is 6.42 Å². The Labute approximate surface area is 122 Å². The smallest absolute Gasteiger partial charge is 0.240 e. The van der Waals surface area contributed by atoms with Crippen LogP contribution in [0.3, 0.4) is 0 Å². The molecule has 21 heavy (non-hydrogen) atoms. The first-order valence-electron chi connectivity index (χ1n) is 6.68. The van der Waals surface area contributed by atoms with E-state index in [0.29, 0.717) is 37.7 Å². The van der Waals surface area contributed by atoms with Crippen molar-refractivity contribution < 1.29 is 27.7 Å². The minimum Gasteiger partial charge on any atom is -0.486 e. The predicted molar refractivity (Wildman–Crippen MR) is 73.0 cm³/mol. The molecule has 8 heteroatoms. The maximum absolute atomic E-state index is 12.3. The predicted octanol–water partition coefficient (Wildman–Crippen LogP) is -0.113. The van der Waals surface area contributed by atoms with Gasteiger partial charge in [-0.05, 0) is 12.1 Å². The van der Waals surface area contributed by atoms with Gasteiger partial charge in [0.2, 0.25) is 10.0 Å². The van der Waals surface area contributed by atoms with Crippen LogP contribution in [0.4, 0.5) is 0 Å². The fourth-order valence-electron chi connectivity index (χ4n) is 2.24. The normalized spacial score (nSPS) is 25.0. The number of aliphatic hydroxyl groups is 1. The summed E-state index contributed by atoms with van der Waals surface area (Å²) in [5.74, 6) is 0.940. The van der Waals surface area contributed by atoms with Crippen LogP contribution in [0.5, 0.6) is 11.5 Å². The van der Waals surface area contributed by atoms with Crippen molar-refractivity contribution in [3.05, 3.63) is 18.2 Å². The molecule has 0 saturated carbocycles. The number of fused-ring (bicyclic) bond motifs is 1. The zero-order valence-corrected chi connectivity index (χ0v) is 12.2. The van der Waals surface area contributed by atoms with Crippen LogP contribution < -0.4 is 14.2 Å². The molecule has 0 spiro atoms. The van der Waals surface area contributed by atoms with Gasteiger partial charge in [0.15, 0.2) is 11.5 Å². The molecule has 1 fully saturated rings. The Hall–Kier alpha value is -1.35. The molecule has 0 aromatic heterocycles. The van der Waals surface area contributed by atoms with Crippen molar-refractivity contribution in [2.24, 2.45) is 0 Å². The van der Waals surface area contributed by atoms with E-state index < -0.39 is 15.6 Å². The van der Waals surface area contributed by atoms with Gasteiger partial charge in [-0.25, -0.2) is 13.1 Å². The third-order valence-corrected chi connectivity index (χ3v) is 4.90. The number of rotatable bonds is 4. The monoisotopic (exact) mass is 315 g/mol. The zero-order valence-electron chi connectivity index (χ0n) is 11.4. The summed E-state index contributed by atoms with van der Waals surface area (Å²) in [6.07, 6.45) is 0.413. The first-order valence-corrected chi connectivity index (χ1v) is 8.16. The van der Waals surface area contributed by atoms with Gasteiger partial charge >= 0.3 is 0 Å². The SMILES string of the molecule is O=S(=O)(NC[C@@]1(O)CCOC1)c1ccc2c(c1)OCCO2. The van der Waals surface area contributed by atoms with Crippen molar-refractivity contribution in [2.45, 2.75) is 16.9 Å². The number of hydrogen-bond donors (Lipinski definition) is 2. The Bertz CT molecular complexity index is 624. The van der Waals surface area contributed by atoms with E-state index in [1.807, 2.05) is 0 Å². The molecular formula is C13H17NO6S. The number of sulfonamides is 1. The molecule has 2 heterocycles. The molecule has 3 rings (SSSR count). The van der Waals surface area contributed by atoms with Gasteiger partial charge in [-0.1, -0.05) is 0 Å². The Morgan fingerprint density at radius 2 is 1.95 bits per heavy atom. The molecule has 7 nitrogen and oxygen atoms in total. The number of nitrogens with one attached hydrogen (secondary N) is 1. The van der Waals surface area contributed by atoms with Crippen LogP contribution in [-0.2, 0) is 14.8 Å². The lowest BCUT2D eigenvalue weighted by molar-refractivity contribution is 0.0314. The molecule has 0 amide bonds. The summed E-state index contributed by atoms with van der Waals surface area (Å²) >= 11 is 0. The lowest BCUT2D eigenvalue weighted by Gasteiger charge is -2.21. The zero-order chi connectivity index (χ0) is 14.9. The van der Waals surface area contributed by atoms with Gasteiger partial charge in [-0.2, -0.15) is 0 Å².